The molecule has 0 bridgehead atoms. The summed E-state index contributed by atoms with van der Waals surface area (Å²) in [4.78, 5) is 42.8. The van der Waals surface area contributed by atoms with E-state index in [1.807, 2.05) is 20.8 Å². The lowest BCUT2D eigenvalue weighted by molar-refractivity contribution is -0.113. The van der Waals surface area contributed by atoms with Crippen molar-refractivity contribution in [2.24, 2.45) is 14.1 Å². The average Bonchev–Trinajstić information content (AvgIpc) is 3.20. The van der Waals surface area contributed by atoms with Gasteiger partial charge < -0.3 is 9.88 Å². The largest absolute Gasteiger partial charge is 0.332 e. The summed E-state index contributed by atoms with van der Waals surface area (Å²) in [6, 6.07) is 2.13. The molecule has 0 saturated heterocycles. The fourth-order valence-corrected chi connectivity index (χ4v) is 4.96. The van der Waals surface area contributed by atoms with Crippen molar-refractivity contribution in [2.75, 3.05) is 11.1 Å². The lowest BCUT2D eigenvalue weighted by Crippen LogP contribution is -2.37. The minimum Gasteiger partial charge on any atom is -0.316 e. The van der Waals surface area contributed by atoms with Crippen molar-refractivity contribution in [1.29, 1.82) is 5.26 Å². The fourth-order valence-electron chi connectivity index (χ4n) is 3.11. The molecule has 158 valence electrons. The molecule has 0 radical (unpaired) electrons. The second-order valence-corrected chi connectivity index (χ2v) is 9.03. The predicted octanol–water partition coefficient (Wildman–Crippen LogP) is 2.12. The van der Waals surface area contributed by atoms with Crippen LogP contribution in [-0.4, -0.2) is 30.3 Å². The lowest BCUT2D eigenvalue weighted by atomic mass is 10.2. The number of hydrogen-bond acceptors (Lipinski definition) is 7. The zero-order valence-corrected chi connectivity index (χ0v) is 19.0. The van der Waals surface area contributed by atoms with E-state index in [1.54, 1.807) is 11.6 Å². The van der Waals surface area contributed by atoms with E-state index in [0.717, 1.165) is 21.4 Å². The Hall–Kier alpha value is -2.84. The number of aryl methyl sites for hydroxylation is 3. The molecule has 0 spiro atoms. The average molecular weight is 447 g/mol. The van der Waals surface area contributed by atoms with Gasteiger partial charge in [0, 0.05) is 25.5 Å². The Balaban J connectivity index is 1.91. The number of thioether (sulfide) groups is 1. The number of fused-ring (bicyclic) bond motifs is 1. The van der Waals surface area contributed by atoms with Gasteiger partial charge in [-0.2, -0.15) is 5.26 Å². The number of imidazole rings is 1. The van der Waals surface area contributed by atoms with Crippen molar-refractivity contribution < 1.29 is 4.79 Å². The Morgan fingerprint density at radius 3 is 2.60 bits per heavy atom. The molecule has 0 atom stereocenters. The first-order valence-electron chi connectivity index (χ1n) is 9.30. The number of aromatic nitrogens is 4. The van der Waals surface area contributed by atoms with Crippen molar-refractivity contribution in [1.82, 2.24) is 18.7 Å². The van der Waals surface area contributed by atoms with Gasteiger partial charge in [-0.05, 0) is 25.8 Å². The molecule has 9 nitrogen and oxygen atoms in total. The SMILES string of the molecule is CCCn1c(SCC(=O)Nc2sc(C)c(C)c2C#N)nc2c1c(=O)n(C)c(=O)n2C. The second-order valence-electron chi connectivity index (χ2n) is 6.86. The Bertz CT molecular complexity index is 1310. The van der Waals surface area contributed by atoms with Gasteiger partial charge in [-0.25, -0.2) is 9.78 Å². The van der Waals surface area contributed by atoms with Gasteiger partial charge in [0.25, 0.3) is 5.56 Å². The summed E-state index contributed by atoms with van der Waals surface area (Å²) in [5, 5.41) is 13.2. The molecule has 3 rings (SSSR count). The third-order valence-corrected chi connectivity index (χ3v) is 6.94. The molecule has 0 unspecified atom stereocenters. The van der Waals surface area contributed by atoms with E-state index >= 15 is 0 Å². The number of carbonyl (C=O) groups is 1. The zero-order valence-electron chi connectivity index (χ0n) is 17.4. The van der Waals surface area contributed by atoms with Crippen LogP contribution >= 0.6 is 23.1 Å². The molecule has 0 aliphatic heterocycles. The van der Waals surface area contributed by atoms with Gasteiger partial charge in [0.1, 0.15) is 11.1 Å². The summed E-state index contributed by atoms with van der Waals surface area (Å²) in [7, 11) is 3.00. The van der Waals surface area contributed by atoms with Crippen molar-refractivity contribution in [3.63, 3.8) is 0 Å². The summed E-state index contributed by atoms with van der Waals surface area (Å²) in [6.07, 6.45) is 0.760. The van der Waals surface area contributed by atoms with E-state index in [2.05, 4.69) is 16.4 Å². The maximum Gasteiger partial charge on any atom is 0.332 e. The Morgan fingerprint density at radius 2 is 1.97 bits per heavy atom. The highest BCUT2D eigenvalue weighted by atomic mass is 32.2. The molecule has 1 N–H and O–H groups in total. The Labute approximate surface area is 181 Å². The van der Waals surface area contributed by atoms with Crippen molar-refractivity contribution >= 4 is 45.2 Å². The lowest BCUT2D eigenvalue weighted by Gasteiger charge is -2.08. The minimum atomic E-state index is -0.449. The number of amides is 1. The highest BCUT2D eigenvalue weighted by molar-refractivity contribution is 7.99. The Morgan fingerprint density at radius 1 is 1.27 bits per heavy atom. The van der Waals surface area contributed by atoms with Gasteiger partial charge in [0.2, 0.25) is 5.91 Å². The molecule has 0 aliphatic rings. The number of nitrogens with one attached hydrogen (secondary N) is 1. The van der Waals surface area contributed by atoms with Crippen molar-refractivity contribution in [3.8, 4) is 6.07 Å². The van der Waals surface area contributed by atoms with Crippen LogP contribution in [0.15, 0.2) is 14.7 Å². The summed E-state index contributed by atoms with van der Waals surface area (Å²) in [5.41, 5.74) is 1.14. The first kappa shape index (κ1) is 21.9. The van der Waals surface area contributed by atoms with Crippen LogP contribution in [0.5, 0.6) is 0 Å². The maximum atomic E-state index is 12.7. The third-order valence-electron chi connectivity index (χ3n) is 4.84. The number of nitriles is 1. The number of anilines is 1. The molecule has 3 aromatic heterocycles. The smallest absolute Gasteiger partial charge is 0.316 e. The third kappa shape index (κ3) is 3.68. The van der Waals surface area contributed by atoms with Crippen LogP contribution in [0.25, 0.3) is 11.2 Å². The molecule has 30 heavy (non-hydrogen) atoms. The second kappa shape index (κ2) is 8.49. The van der Waals surface area contributed by atoms with E-state index in [-0.39, 0.29) is 11.7 Å². The number of hydrogen-bond donors (Lipinski definition) is 1. The molecule has 11 heteroatoms. The maximum absolute atomic E-state index is 12.7. The highest BCUT2D eigenvalue weighted by Gasteiger charge is 2.20. The van der Waals surface area contributed by atoms with Gasteiger partial charge in [-0.1, -0.05) is 18.7 Å². The van der Waals surface area contributed by atoms with Crippen LogP contribution in [0.3, 0.4) is 0 Å². The van der Waals surface area contributed by atoms with E-state index in [1.165, 1.54) is 34.7 Å². The minimum absolute atomic E-state index is 0.0577. The molecule has 0 fully saturated rings. The standard InChI is InChI=1S/C19H22N6O3S2/c1-6-7-25-14-15(23(4)19(28)24(5)17(14)27)22-18(25)29-9-13(26)21-16-12(8-20)10(2)11(3)30-16/h6-7,9H2,1-5H3,(H,21,26). The number of nitrogens with zero attached hydrogens (tertiary/aromatic N) is 5. The van der Waals surface area contributed by atoms with Crippen LogP contribution in [0.2, 0.25) is 0 Å². The van der Waals surface area contributed by atoms with Gasteiger partial charge in [0.15, 0.2) is 16.3 Å². The number of thiophene rings is 1. The normalized spacial score (nSPS) is 11.1. The highest BCUT2D eigenvalue weighted by Crippen LogP contribution is 2.32. The van der Waals surface area contributed by atoms with Crippen molar-refractivity contribution in [3.05, 3.63) is 36.8 Å². The molecule has 1 amide bonds. The molecular weight excluding hydrogens is 424 g/mol. The van der Waals surface area contributed by atoms with Gasteiger partial charge >= 0.3 is 5.69 Å². The fraction of sp³-hybridized carbons (Fsp3) is 0.421. The van der Waals surface area contributed by atoms with E-state index in [4.69, 9.17) is 0 Å². The van der Waals surface area contributed by atoms with Gasteiger partial charge in [-0.15, -0.1) is 11.3 Å². The number of carbonyl (C=O) groups excluding carboxylic acids is 1. The van der Waals surface area contributed by atoms with Crippen LogP contribution < -0.4 is 16.6 Å². The summed E-state index contributed by atoms with van der Waals surface area (Å²) in [6.45, 7) is 6.27. The van der Waals surface area contributed by atoms with Crippen LogP contribution in [0.4, 0.5) is 5.00 Å². The molecule has 3 aromatic rings. The van der Waals surface area contributed by atoms with Crippen LogP contribution in [0.1, 0.15) is 29.3 Å². The van der Waals surface area contributed by atoms with Gasteiger partial charge in [0.05, 0.1) is 11.3 Å². The van der Waals surface area contributed by atoms with Gasteiger partial charge in [-0.3, -0.25) is 18.7 Å². The first-order chi connectivity index (χ1) is 14.2. The predicted molar refractivity (Wildman–Crippen MR) is 118 cm³/mol. The number of rotatable bonds is 6. The van der Waals surface area contributed by atoms with Crippen LogP contribution in [-0.2, 0) is 25.4 Å². The van der Waals surface area contributed by atoms with E-state index in [0.29, 0.717) is 33.4 Å². The van der Waals surface area contributed by atoms with E-state index < -0.39 is 11.2 Å². The molecule has 0 aliphatic carbocycles. The molecular formula is C19H22N6O3S2. The van der Waals surface area contributed by atoms with E-state index in [9.17, 15) is 19.6 Å². The first-order valence-corrected chi connectivity index (χ1v) is 11.1. The monoisotopic (exact) mass is 446 g/mol. The summed E-state index contributed by atoms with van der Waals surface area (Å²) < 4.78 is 4.15. The Kier molecular flexibility index (Phi) is 6.19. The zero-order chi connectivity index (χ0) is 22.2. The van der Waals surface area contributed by atoms with Crippen LogP contribution in [0, 0.1) is 25.2 Å². The topological polar surface area (TPSA) is 115 Å². The summed E-state index contributed by atoms with van der Waals surface area (Å²) in [5.74, 6) is -0.211. The molecule has 0 aromatic carbocycles. The molecule has 0 saturated carbocycles. The van der Waals surface area contributed by atoms with Crippen molar-refractivity contribution in [2.45, 2.75) is 38.9 Å². The summed E-state index contributed by atoms with van der Waals surface area (Å²) >= 11 is 2.56. The molecule has 3 heterocycles. The quantitative estimate of drug-likeness (QED) is 0.580.